The van der Waals surface area contributed by atoms with E-state index in [-0.39, 0.29) is 16.9 Å². The molecule has 0 heterocycles. The van der Waals surface area contributed by atoms with Crippen molar-refractivity contribution >= 4 is 23.5 Å². The van der Waals surface area contributed by atoms with Crippen molar-refractivity contribution in [2.24, 2.45) is 5.10 Å². The molecular formula is C14H12N4O3. The molecule has 106 valence electrons. The Morgan fingerprint density at radius 2 is 1.95 bits per heavy atom. The van der Waals surface area contributed by atoms with Crippen LogP contribution in [0.25, 0.3) is 0 Å². The maximum atomic E-state index is 11.9. The van der Waals surface area contributed by atoms with E-state index in [2.05, 4.69) is 10.5 Å². The summed E-state index contributed by atoms with van der Waals surface area (Å²) in [6, 6.07) is 12.9. The second kappa shape index (κ2) is 6.29. The lowest BCUT2D eigenvalue weighted by molar-refractivity contribution is -0.384. The van der Waals surface area contributed by atoms with Crippen molar-refractivity contribution in [2.75, 3.05) is 5.73 Å². The predicted molar refractivity (Wildman–Crippen MR) is 79.0 cm³/mol. The van der Waals surface area contributed by atoms with Crippen molar-refractivity contribution in [3.8, 4) is 0 Å². The van der Waals surface area contributed by atoms with Gasteiger partial charge >= 0.3 is 0 Å². The third-order valence-corrected chi connectivity index (χ3v) is 2.59. The lowest BCUT2D eigenvalue weighted by Gasteiger charge is -2.02. The Bertz CT molecular complexity index is 699. The summed E-state index contributed by atoms with van der Waals surface area (Å²) in [6.07, 6.45) is 1.47. The Kier molecular flexibility index (Phi) is 4.25. The molecule has 0 saturated heterocycles. The third kappa shape index (κ3) is 3.87. The maximum Gasteiger partial charge on any atom is 0.272 e. The summed E-state index contributed by atoms with van der Waals surface area (Å²) < 4.78 is 0. The van der Waals surface area contributed by atoms with Gasteiger partial charge in [0.2, 0.25) is 0 Å². The van der Waals surface area contributed by atoms with Gasteiger partial charge in [-0.25, -0.2) is 5.43 Å². The van der Waals surface area contributed by atoms with Crippen LogP contribution < -0.4 is 11.2 Å². The molecule has 0 aliphatic rings. The number of amides is 1. The van der Waals surface area contributed by atoms with E-state index in [0.717, 1.165) is 11.6 Å². The minimum Gasteiger partial charge on any atom is -0.399 e. The minimum atomic E-state index is -0.611. The van der Waals surface area contributed by atoms with E-state index in [4.69, 9.17) is 5.73 Å². The van der Waals surface area contributed by atoms with E-state index >= 15 is 0 Å². The summed E-state index contributed by atoms with van der Waals surface area (Å²) in [5.74, 6) is -0.572. The van der Waals surface area contributed by atoms with Gasteiger partial charge in [-0.3, -0.25) is 14.9 Å². The third-order valence-electron chi connectivity index (χ3n) is 2.59. The highest BCUT2D eigenvalue weighted by molar-refractivity contribution is 5.96. The van der Waals surface area contributed by atoms with Gasteiger partial charge in [0.05, 0.1) is 16.7 Å². The van der Waals surface area contributed by atoms with Gasteiger partial charge in [0.1, 0.15) is 0 Å². The topological polar surface area (TPSA) is 111 Å². The van der Waals surface area contributed by atoms with E-state index < -0.39 is 10.8 Å². The SMILES string of the molecule is Nc1cc(C(=O)NN=Cc2ccccc2)cc([N+](=O)[O-])c1. The molecule has 0 atom stereocenters. The lowest BCUT2D eigenvalue weighted by atomic mass is 10.1. The number of hydrogen-bond acceptors (Lipinski definition) is 5. The molecule has 7 heteroatoms. The van der Waals surface area contributed by atoms with Crippen molar-refractivity contribution in [3.63, 3.8) is 0 Å². The highest BCUT2D eigenvalue weighted by Gasteiger charge is 2.13. The number of nitrogens with one attached hydrogen (secondary N) is 1. The molecule has 0 spiro atoms. The highest BCUT2D eigenvalue weighted by atomic mass is 16.6. The number of nitro benzene ring substituents is 1. The van der Waals surface area contributed by atoms with Crippen LogP contribution >= 0.6 is 0 Å². The monoisotopic (exact) mass is 284 g/mol. The number of hydrazone groups is 1. The number of anilines is 1. The molecule has 0 unspecified atom stereocenters. The zero-order valence-electron chi connectivity index (χ0n) is 10.9. The van der Waals surface area contributed by atoms with Gasteiger partial charge in [0, 0.05) is 17.8 Å². The summed E-state index contributed by atoms with van der Waals surface area (Å²) in [7, 11) is 0. The van der Waals surface area contributed by atoms with Gasteiger partial charge in [-0.2, -0.15) is 5.10 Å². The Morgan fingerprint density at radius 3 is 2.62 bits per heavy atom. The van der Waals surface area contributed by atoms with Crippen LogP contribution in [-0.4, -0.2) is 17.0 Å². The van der Waals surface area contributed by atoms with Crippen LogP contribution in [0.3, 0.4) is 0 Å². The minimum absolute atomic E-state index is 0.0758. The highest BCUT2D eigenvalue weighted by Crippen LogP contribution is 2.18. The second-order valence-corrected chi connectivity index (χ2v) is 4.18. The van der Waals surface area contributed by atoms with Gasteiger partial charge in [-0.05, 0) is 11.6 Å². The summed E-state index contributed by atoms with van der Waals surface area (Å²) in [5, 5.41) is 14.5. The molecule has 7 nitrogen and oxygen atoms in total. The Labute approximate surface area is 120 Å². The van der Waals surface area contributed by atoms with Crippen molar-refractivity contribution < 1.29 is 9.72 Å². The molecule has 0 saturated carbocycles. The van der Waals surface area contributed by atoms with Gasteiger partial charge in [0.15, 0.2) is 0 Å². The lowest BCUT2D eigenvalue weighted by Crippen LogP contribution is -2.18. The molecule has 0 bridgehead atoms. The van der Waals surface area contributed by atoms with Crippen LogP contribution in [0.1, 0.15) is 15.9 Å². The molecule has 3 N–H and O–H groups in total. The van der Waals surface area contributed by atoms with E-state index in [1.54, 1.807) is 0 Å². The number of nitrogens with zero attached hydrogens (tertiary/aromatic N) is 2. The Balaban J connectivity index is 2.10. The van der Waals surface area contributed by atoms with Crippen LogP contribution in [0.4, 0.5) is 11.4 Å². The number of benzene rings is 2. The number of carbonyl (C=O) groups excluding carboxylic acids is 1. The number of rotatable bonds is 4. The molecular weight excluding hydrogens is 272 g/mol. The van der Waals surface area contributed by atoms with Crippen LogP contribution in [0.15, 0.2) is 53.6 Å². The van der Waals surface area contributed by atoms with Crippen molar-refractivity contribution in [1.82, 2.24) is 5.43 Å². The molecule has 0 aromatic heterocycles. The number of non-ortho nitro benzene ring substituents is 1. The zero-order valence-corrected chi connectivity index (χ0v) is 10.9. The first-order chi connectivity index (χ1) is 10.1. The van der Waals surface area contributed by atoms with E-state index in [1.807, 2.05) is 30.3 Å². The Morgan fingerprint density at radius 1 is 1.24 bits per heavy atom. The van der Waals surface area contributed by atoms with Gasteiger partial charge < -0.3 is 5.73 Å². The van der Waals surface area contributed by atoms with E-state index in [0.29, 0.717) is 0 Å². The fraction of sp³-hybridized carbons (Fsp3) is 0. The van der Waals surface area contributed by atoms with Gasteiger partial charge in [0.25, 0.3) is 11.6 Å². The number of nitrogen functional groups attached to an aromatic ring is 1. The predicted octanol–water partition coefficient (Wildman–Crippen LogP) is 1.94. The van der Waals surface area contributed by atoms with E-state index in [9.17, 15) is 14.9 Å². The second-order valence-electron chi connectivity index (χ2n) is 4.18. The van der Waals surface area contributed by atoms with Crippen molar-refractivity contribution in [2.45, 2.75) is 0 Å². The maximum absolute atomic E-state index is 11.9. The number of hydrogen-bond donors (Lipinski definition) is 2. The molecule has 2 rings (SSSR count). The normalized spacial score (nSPS) is 10.5. The average molecular weight is 284 g/mol. The van der Waals surface area contributed by atoms with Crippen LogP contribution in [0.5, 0.6) is 0 Å². The molecule has 0 radical (unpaired) electrons. The summed E-state index contributed by atoms with van der Waals surface area (Å²) >= 11 is 0. The molecule has 0 aliphatic carbocycles. The van der Waals surface area contributed by atoms with Crippen molar-refractivity contribution in [3.05, 3.63) is 69.8 Å². The Hall–Kier alpha value is -3.22. The first kappa shape index (κ1) is 14.2. The van der Waals surface area contributed by atoms with Crippen LogP contribution in [0, 0.1) is 10.1 Å². The summed E-state index contributed by atoms with van der Waals surface area (Å²) in [4.78, 5) is 22.0. The first-order valence-electron chi connectivity index (χ1n) is 5.99. The molecule has 21 heavy (non-hydrogen) atoms. The molecule has 2 aromatic rings. The standard InChI is InChI=1S/C14H12N4O3/c15-12-6-11(7-13(8-12)18(20)21)14(19)17-16-9-10-4-2-1-3-5-10/h1-9H,15H2,(H,17,19). The average Bonchev–Trinajstić information content (AvgIpc) is 2.47. The van der Waals surface area contributed by atoms with Crippen molar-refractivity contribution in [1.29, 1.82) is 0 Å². The summed E-state index contributed by atoms with van der Waals surface area (Å²) in [6.45, 7) is 0. The smallest absolute Gasteiger partial charge is 0.272 e. The summed E-state index contributed by atoms with van der Waals surface area (Å²) in [5.41, 5.74) is 8.61. The molecule has 1 amide bonds. The largest absolute Gasteiger partial charge is 0.399 e. The molecule has 0 aliphatic heterocycles. The fourth-order valence-corrected chi connectivity index (χ4v) is 1.64. The zero-order chi connectivity index (χ0) is 15.2. The van der Waals surface area contributed by atoms with E-state index in [1.165, 1.54) is 18.3 Å². The van der Waals surface area contributed by atoms with Crippen LogP contribution in [0.2, 0.25) is 0 Å². The van der Waals surface area contributed by atoms with Crippen LogP contribution in [-0.2, 0) is 0 Å². The number of carbonyl (C=O) groups is 1. The van der Waals surface area contributed by atoms with Gasteiger partial charge in [-0.15, -0.1) is 0 Å². The number of nitrogens with two attached hydrogens (primary N) is 1. The molecule has 2 aromatic carbocycles. The first-order valence-corrected chi connectivity index (χ1v) is 5.99. The van der Waals surface area contributed by atoms with Gasteiger partial charge in [-0.1, -0.05) is 30.3 Å². The fourth-order valence-electron chi connectivity index (χ4n) is 1.64. The number of nitro groups is 1. The molecule has 0 fully saturated rings. The quantitative estimate of drug-likeness (QED) is 0.387.